The lowest BCUT2D eigenvalue weighted by molar-refractivity contribution is 0.296. The van der Waals surface area contributed by atoms with E-state index in [2.05, 4.69) is 20.3 Å². The Labute approximate surface area is 170 Å². The molecule has 0 aliphatic carbocycles. The maximum absolute atomic E-state index is 11.6. The average Bonchev–Trinajstić information content (AvgIpc) is 2.67. The van der Waals surface area contributed by atoms with E-state index in [1.54, 1.807) is 12.1 Å². The number of fused-ring (bicyclic) bond motifs is 1. The van der Waals surface area contributed by atoms with Crippen LogP contribution in [0.4, 0.5) is 17.6 Å². The topological polar surface area (TPSA) is 116 Å². The Morgan fingerprint density at radius 3 is 2.72 bits per heavy atom. The molecule has 0 aliphatic heterocycles. The summed E-state index contributed by atoms with van der Waals surface area (Å²) in [6, 6.07) is 14.1. The maximum Gasteiger partial charge on any atom is 0.336 e. The predicted molar refractivity (Wildman–Crippen MR) is 111 cm³/mol. The second-order valence-corrected chi connectivity index (χ2v) is 6.65. The van der Waals surface area contributed by atoms with Crippen molar-refractivity contribution in [1.82, 2.24) is 15.0 Å². The summed E-state index contributed by atoms with van der Waals surface area (Å²) >= 11 is 6.32. The molecule has 8 nitrogen and oxygen atoms in total. The van der Waals surface area contributed by atoms with Gasteiger partial charge in [-0.3, -0.25) is 0 Å². The van der Waals surface area contributed by atoms with E-state index in [0.717, 1.165) is 16.6 Å². The van der Waals surface area contributed by atoms with Gasteiger partial charge in [-0.25, -0.2) is 4.79 Å². The molecule has 0 radical (unpaired) electrons. The molecule has 0 bridgehead atoms. The van der Waals surface area contributed by atoms with Gasteiger partial charge in [-0.1, -0.05) is 29.8 Å². The molecule has 0 saturated carbocycles. The van der Waals surface area contributed by atoms with Crippen molar-refractivity contribution in [2.24, 2.45) is 0 Å². The first kappa shape index (κ1) is 18.7. The molecule has 0 amide bonds. The van der Waals surface area contributed by atoms with Crippen molar-refractivity contribution in [2.45, 2.75) is 13.5 Å². The zero-order valence-electron chi connectivity index (χ0n) is 15.3. The van der Waals surface area contributed by atoms with Crippen molar-refractivity contribution in [3.8, 4) is 5.75 Å². The van der Waals surface area contributed by atoms with Crippen LogP contribution in [0.5, 0.6) is 5.75 Å². The molecule has 146 valence electrons. The SMILES string of the molecule is Cc1cc(=O)oc2cc(OCc3nc(N)nc(Nc4ccccc4)n3)c(Cl)cc12. The summed E-state index contributed by atoms with van der Waals surface area (Å²) in [4.78, 5) is 24.1. The average molecular weight is 410 g/mol. The Morgan fingerprint density at radius 1 is 1.14 bits per heavy atom. The highest BCUT2D eigenvalue weighted by molar-refractivity contribution is 6.32. The van der Waals surface area contributed by atoms with Gasteiger partial charge in [0.15, 0.2) is 5.82 Å². The van der Waals surface area contributed by atoms with Crippen LogP contribution < -0.4 is 21.4 Å². The van der Waals surface area contributed by atoms with Crippen molar-refractivity contribution < 1.29 is 9.15 Å². The number of nitrogens with one attached hydrogen (secondary N) is 1. The van der Waals surface area contributed by atoms with Crippen molar-refractivity contribution in [2.75, 3.05) is 11.1 Å². The van der Waals surface area contributed by atoms with E-state index in [1.807, 2.05) is 37.3 Å². The lowest BCUT2D eigenvalue weighted by Gasteiger charge is -2.10. The number of rotatable bonds is 5. The second kappa shape index (κ2) is 7.76. The van der Waals surface area contributed by atoms with Crippen LogP contribution in [0.3, 0.4) is 0 Å². The van der Waals surface area contributed by atoms with Crippen LogP contribution >= 0.6 is 11.6 Å². The maximum atomic E-state index is 11.6. The van der Waals surface area contributed by atoms with E-state index in [0.29, 0.717) is 28.1 Å². The normalized spacial score (nSPS) is 10.8. The first-order valence-electron chi connectivity index (χ1n) is 8.67. The molecule has 4 aromatic rings. The summed E-state index contributed by atoms with van der Waals surface area (Å²) < 4.78 is 11.0. The highest BCUT2D eigenvalue weighted by Gasteiger charge is 2.11. The van der Waals surface area contributed by atoms with Crippen LogP contribution in [0, 0.1) is 6.92 Å². The van der Waals surface area contributed by atoms with E-state index >= 15 is 0 Å². The van der Waals surface area contributed by atoms with Gasteiger partial charge in [0, 0.05) is 23.2 Å². The van der Waals surface area contributed by atoms with Gasteiger partial charge in [-0.05, 0) is 30.7 Å². The highest BCUT2D eigenvalue weighted by Crippen LogP contribution is 2.31. The number of nitrogens with two attached hydrogens (primary N) is 1. The largest absolute Gasteiger partial charge is 0.484 e. The highest BCUT2D eigenvalue weighted by atomic mass is 35.5. The quantitative estimate of drug-likeness (QED) is 0.477. The number of hydrogen-bond donors (Lipinski definition) is 2. The lowest BCUT2D eigenvalue weighted by Crippen LogP contribution is -2.09. The molecule has 0 saturated heterocycles. The fourth-order valence-corrected chi connectivity index (χ4v) is 3.00. The molecule has 2 heterocycles. The Hall–Kier alpha value is -3.65. The van der Waals surface area contributed by atoms with E-state index in [-0.39, 0.29) is 12.6 Å². The van der Waals surface area contributed by atoms with Gasteiger partial charge in [0.25, 0.3) is 0 Å². The summed E-state index contributed by atoms with van der Waals surface area (Å²) in [5, 5.41) is 4.17. The summed E-state index contributed by atoms with van der Waals surface area (Å²) in [6.45, 7) is 1.81. The number of benzene rings is 2. The minimum Gasteiger partial charge on any atom is -0.484 e. The van der Waals surface area contributed by atoms with Gasteiger partial charge >= 0.3 is 5.63 Å². The number of nitrogens with zero attached hydrogens (tertiary/aromatic N) is 3. The number of para-hydroxylation sites is 1. The molecule has 0 atom stereocenters. The number of halogens is 1. The van der Waals surface area contributed by atoms with Gasteiger partial charge in [0.1, 0.15) is 17.9 Å². The smallest absolute Gasteiger partial charge is 0.336 e. The standard InChI is InChI=1S/C20H16ClN5O3/c1-11-7-18(27)29-15-9-16(14(21)8-13(11)15)28-10-17-24-19(22)26-20(25-17)23-12-5-3-2-4-6-12/h2-9H,10H2,1H3,(H3,22,23,24,25,26). The van der Waals surface area contributed by atoms with Crippen molar-refractivity contribution in [1.29, 1.82) is 0 Å². The lowest BCUT2D eigenvalue weighted by atomic mass is 10.1. The Morgan fingerprint density at radius 2 is 1.93 bits per heavy atom. The van der Waals surface area contributed by atoms with E-state index < -0.39 is 5.63 Å². The van der Waals surface area contributed by atoms with Gasteiger partial charge < -0.3 is 20.2 Å². The summed E-state index contributed by atoms with van der Waals surface area (Å²) in [7, 11) is 0. The Bertz CT molecular complexity index is 1240. The number of hydrogen-bond acceptors (Lipinski definition) is 8. The summed E-state index contributed by atoms with van der Waals surface area (Å²) in [5.74, 6) is 1.01. The van der Waals surface area contributed by atoms with Crippen LogP contribution in [0.15, 0.2) is 57.7 Å². The molecule has 0 aliphatic rings. The van der Waals surface area contributed by atoms with Gasteiger partial charge in [-0.2, -0.15) is 15.0 Å². The van der Waals surface area contributed by atoms with Gasteiger partial charge in [-0.15, -0.1) is 0 Å². The third-order valence-electron chi connectivity index (χ3n) is 4.09. The third kappa shape index (κ3) is 4.27. The molecular formula is C20H16ClN5O3. The molecule has 29 heavy (non-hydrogen) atoms. The summed E-state index contributed by atoms with van der Waals surface area (Å²) in [5.41, 5.74) is 7.31. The molecule has 4 rings (SSSR count). The zero-order valence-corrected chi connectivity index (χ0v) is 16.1. The molecule has 2 aromatic heterocycles. The Balaban J connectivity index is 1.57. The molecule has 0 unspecified atom stereocenters. The van der Waals surface area contributed by atoms with Crippen LogP contribution in [0.1, 0.15) is 11.4 Å². The Kier molecular flexibility index (Phi) is 5.01. The van der Waals surface area contributed by atoms with Crippen LogP contribution in [0.25, 0.3) is 11.0 Å². The molecule has 9 heteroatoms. The minimum absolute atomic E-state index is 0.00252. The fourth-order valence-electron chi connectivity index (χ4n) is 2.78. The number of anilines is 3. The fraction of sp³-hybridized carbons (Fsp3) is 0.100. The van der Waals surface area contributed by atoms with Crippen LogP contribution in [-0.4, -0.2) is 15.0 Å². The van der Waals surface area contributed by atoms with E-state index in [1.165, 1.54) is 6.07 Å². The predicted octanol–water partition coefficient (Wildman–Crippen LogP) is 3.84. The molecule has 0 spiro atoms. The van der Waals surface area contributed by atoms with E-state index in [9.17, 15) is 4.79 Å². The van der Waals surface area contributed by atoms with Crippen molar-refractivity contribution in [3.63, 3.8) is 0 Å². The monoisotopic (exact) mass is 409 g/mol. The van der Waals surface area contributed by atoms with E-state index in [4.69, 9.17) is 26.5 Å². The second-order valence-electron chi connectivity index (χ2n) is 6.24. The van der Waals surface area contributed by atoms with Crippen molar-refractivity contribution in [3.05, 3.63) is 75.4 Å². The zero-order chi connectivity index (χ0) is 20.4. The van der Waals surface area contributed by atoms with Crippen LogP contribution in [-0.2, 0) is 6.61 Å². The first-order chi connectivity index (χ1) is 14.0. The minimum atomic E-state index is -0.440. The summed E-state index contributed by atoms with van der Waals surface area (Å²) in [6.07, 6.45) is 0. The number of aromatic nitrogens is 3. The van der Waals surface area contributed by atoms with Crippen LogP contribution in [0.2, 0.25) is 5.02 Å². The number of ether oxygens (including phenoxy) is 1. The van der Waals surface area contributed by atoms with Gasteiger partial charge in [0.2, 0.25) is 11.9 Å². The van der Waals surface area contributed by atoms with Gasteiger partial charge in [0.05, 0.1) is 5.02 Å². The molecular weight excluding hydrogens is 394 g/mol. The first-order valence-corrected chi connectivity index (χ1v) is 9.05. The molecule has 3 N–H and O–H groups in total. The molecule has 2 aromatic carbocycles. The number of aryl methyl sites for hydroxylation is 1. The molecule has 0 fully saturated rings. The van der Waals surface area contributed by atoms with Crippen molar-refractivity contribution >= 4 is 40.2 Å². The number of nitrogen functional groups attached to an aromatic ring is 1. The third-order valence-corrected chi connectivity index (χ3v) is 4.38.